The first kappa shape index (κ1) is 18.9. The van der Waals surface area contributed by atoms with Gasteiger partial charge in [0.05, 0.1) is 17.4 Å². The predicted molar refractivity (Wildman–Crippen MR) is 114 cm³/mol. The van der Waals surface area contributed by atoms with E-state index in [9.17, 15) is 4.79 Å². The summed E-state index contributed by atoms with van der Waals surface area (Å²) in [5.41, 5.74) is 4.78. The zero-order valence-corrected chi connectivity index (χ0v) is 16.7. The molecule has 1 aromatic carbocycles. The van der Waals surface area contributed by atoms with Crippen LogP contribution >= 0.6 is 0 Å². The van der Waals surface area contributed by atoms with E-state index in [1.54, 1.807) is 30.9 Å². The largest absolute Gasteiger partial charge is 0.354 e. The van der Waals surface area contributed by atoms with Gasteiger partial charge in [-0.05, 0) is 37.6 Å². The molecule has 0 unspecified atom stereocenters. The zero-order valence-electron chi connectivity index (χ0n) is 16.7. The van der Waals surface area contributed by atoms with Crippen molar-refractivity contribution in [3.05, 3.63) is 71.8 Å². The third-order valence-electron chi connectivity index (χ3n) is 5.05. The van der Waals surface area contributed by atoms with E-state index in [-0.39, 0.29) is 5.91 Å². The Balaban J connectivity index is 1.42. The van der Waals surface area contributed by atoms with Crippen molar-refractivity contribution >= 4 is 23.2 Å². The van der Waals surface area contributed by atoms with Crippen LogP contribution in [0.25, 0.3) is 0 Å². The number of anilines is 3. The fraction of sp³-hybridized carbons (Fsp3) is 0.273. The number of aryl methyl sites for hydroxylation is 2. The standard InChI is InChI=1S/C22H24N6O/c1-16-4-5-20(17(2)12-16)26-19-13-18(14-23-15-19)21(29)27-8-10-28(11-9-27)22-24-6-3-7-25-22/h3-7,12-15,26H,8-11H2,1-2H3. The lowest BCUT2D eigenvalue weighted by Gasteiger charge is -2.34. The number of carbonyl (C=O) groups is 1. The number of pyridine rings is 1. The predicted octanol–water partition coefficient (Wildman–Crippen LogP) is 3.19. The van der Waals surface area contributed by atoms with Gasteiger partial charge in [-0.1, -0.05) is 17.7 Å². The molecule has 0 aliphatic carbocycles. The van der Waals surface area contributed by atoms with Crippen LogP contribution in [0.1, 0.15) is 21.5 Å². The molecule has 1 amide bonds. The Morgan fingerprint density at radius 2 is 1.76 bits per heavy atom. The van der Waals surface area contributed by atoms with Crippen LogP contribution in [0.2, 0.25) is 0 Å². The van der Waals surface area contributed by atoms with Gasteiger partial charge in [-0.15, -0.1) is 0 Å². The van der Waals surface area contributed by atoms with E-state index in [4.69, 9.17) is 0 Å². The van der Waals surface area contributed by atoms with Crippen LogP contribution in [0.3, 0.4) is 0 Å². The second-order valence-corrected chi connectivity index (χ2v) is 7.23. The number of piperazine rings is 1. The molecule has 0 saturated carbocycles. The summed E-state index contributed by atoms with van der Waals surface area (Å²) in [6.45, 7) is 6.82. The van der Waals surface area contributed by atoms with Gasteiger partial charge in [0, 0.05) is 50.5 Å². The first-order valence-corrected chi connectivity index (χ1v) is 9.71. The summed E-state index contributed by atoms with van der Waals surface area (Å²) in [7, 11) is 0. The van der Waals surface area contributed by atoms with Crippen molar-refractivity contribution in [2.45, 2.75) is 13.8 Å². The maximum atomic E-state index is 13.0. The van der Waals surface area contributed by atoms with Crippen molar-refractivity contribution in [1.29, 1.82) is 0 Å². The summed E-state index contributed by atoms with van der Waals surface area (Å²) >= 11 is 0. The summed E-state index contributed by atoms with van der Waals surface area (Å²) in [5, 5.41) is 3.37. The van der Waals surface area contributed by atoms with Crippen molar-refractivity contribution < 1.29 is 4.79 Å². The molecule has 0 spiro atoms. The fourth-order valence-electron chi connectivity index (χ4n) is 3.48. The molecule has 148 valence electrons. The number of nitrogens with zero attached hydrogens (tertiary/aromatic N) is 5. The Kier molecular flexibility index (Phi) is 5.37. The van der Waals surface area contributed by atoms with Crippen LogP contribution in [0.15, 0.2) is 55.1 Å². The molecule has 3 heterocycles. The van der Waals surface area contributed by atoms with Crippen molar-refractivity contribution in [3.8, 4) is 0 Å². The minimum absolute atomic E-state index is 0.00425. The average Bonchev–Trinajstić information content (AvgIpc) is 2.76. The Morgan fingerprint density at radius 3 is 2.48 bits per heavy atom. The molecule has 1 aliphatic rings. The van der Waals surface area contributed by atoms with Gasteiger partial charge in [0.25, 0.3) is 5.91 Å². The number of benzene rings is 1. The van der Waals surface area contributed by atoms with Crippen LogP contribution in [0, 0.1) is 13.8 Å². The zero-order chi connectivity index (χ0) is 20.2. The molecule has 0 atom stereocenters. The van der Waals surface area contributed by atoms with Gasteiger partial charge in [0.15, 0.2) is 0 Å². The van der Waals surface area contributed by atoms with E-state index >= 15 is 0 Å². The quantitative estimate of drug-likeness (QED) is 0.740. The number of rotatable bonds is 4. The van der Waals surface area contributed by atoms with Crippen molar-refractivity contribution in [3.63, 3.8) is 0 Å². The molecule has 1 aliphatic heterocycles. The van der Waals surface area contributed by atoms with Gasteiger partial charge < -0.3 is 15.1 Å². The Hall–Kier alpha value is -3.48. The van der Waals surface area contributed by atoms with Gasteiger partial charge in [0.1, 0.15) is 0 Å². The maximum Gasteiger partial charge on any atom is 0.255 e. The number of hydrogen-bond donors (Lipinski definition) is 1. The second-order valence-electron chi connectivity index (χ2n) is 7.23. The number of nitrogens with one attached hydrogen (secondary N) is 1. The second kappa shape index (κ2) is 8.26. The Labute approximate surface area is 170 Å². The van der Waals surface area contributed by atoms with Crippen LogP contribution in [-0.4, -0.2) is 51.9 Å². The highest BCUT2D eigenvalue weighted by atomic mass is 16.2. The lowest BCUT2D eigenvalue weighted by Crippen LogP contribution is -2.49. The molecule has 0 radical (unpaired) electrons. The van der Waals surface area contributed by atoms with Gasteiger partial charge in [-0.2, -0.15) is 0 Å². The highest BCUT2D eigenvalue weighted by Crippen LogP contribution is 2.22. The van der Waals surface area contributed by atoms with Crippen LogP contribution in [-0.2, 0) is 0 Å². The highest BCUT2D eigenvalue weighted by Gasteiger charge is 2.23. The highest BCUT2D eigenvalue weighted by molar-refractivity contribution is 5.95. The van der Waals surface area contributed by atoms with Crippen molar-refractivity contribution in [1.82, 2.24) is 19.9 Å². The summed E-state index contributed by atoms with van der Waals surface area (Å²) in [6.07, 6.45) is 6.84. The molecule has 1 fully saturated rings. The number of hydrogen-bond acceptors (Lipinski definition) is 6. The van der Waals surface area contributed by atoms with Crippen LogP contribution < -0.4 is 10.2 Å². The molecule has 1 saturated heterocycles. The van der Waals surface area contributed by atoms with Crippen LogP contribution in [0.4, 0.5) is 17.3 Å². The molecule has 7 nitrogen and oxygen atoms in total. The summed E-state index contributed by atoms with van der Waals surface area (Å²) < 4.78 is 0. The van der Waals surface area contributed by atoms with E-state index in [1.165, 1.54) is 5.56 Å². The Bertz CT molecular complexity index is 999. The smallest absolute Gasteiger partial charge is 0.255 e. The van der Waals surface area contributed by atoms with Crippen molar-refractivity contribution in [2.24, 2.45) is 0 Å². The SMILES string of the molecule is Cc1ccc(Nc2cncc(C(=O)N3CCN(c4ncccn4)CC3)c2)c(C)c1. The minimum Gasteiger partial charge on any atom is -0.354 e. The average molecular weight is 388 g/mol. The summed E-state index contributed by atoms with van der Waals surface area (Å²) in [4.78, 5) is 29.8. The lowest BCUT2D eigenvalue weighted by molar-refractivity contribution is 0.0746. The van der Waals surface area contributed by atoms with Gasteiger partial charge in [-0.3, -0.25) is 9.78 Å². The summed E-state index contributed by atoms with van der Waals surface area (Å²) in [6, 6.07) is 9.90. The number of aromatic nitrogens is 3. The molecular weight excluding hydrogens is 364 g/mol. The maximum absolute atomic E-state index is 13.0. The molecular formula is C22H24N6O. The monoisotopic (exact) mass is 388 g/mol. The molecule has 0 bridgehead atoms. The van der Waals surface area contributed by atoms with E-state index in [0.717, 1.165) is 16.9 Å². The number of amides is 1. The van der Waals surface area contributed by atoms with Crippen molar-refractivity contribution in [2.75, 3.05) is 36.4 Å². The van der Waals surface area contributed by atoms with E-state index in [1.807, 2.05) is 17.0 Å². The molecule has 7 heteroatoms. The summed E-state index contributed by atoms with van der Waals surface area (Å²) in [5.74, 6) is 0.705. The third-order valence-corrected chi connectivity index (χ3v) is 5.05. The third kappa shape index (κ3) is 4.34. The van der Waals surface area contributed by atoms with Gasteiger partial charge in [-0.25, -0.2) is 9.97 Å². The van der Waals surface area contributed by atoms with Crippen LogP contribution in [0.5, 0.6) is 0 Å². The van der Waals surface area contributed by atoms with Gasteiger partial charge >= 0.3 is 0 Å². The minimum atomic E-state index is -0.00425. The number of carbonyl (C=O) groups excluding carboxylic acids is 1. The van der Waals surface area contributed by atoms with E-state index < -0.39 is 0 Å². The molecule has 1 N–H and O–H groups in total. The molecule has 29 heavy (non-hydrogen) atoms. The Morgan fingerprint density at radius 1 is 1.00 bits per heavy atom. The van der Waals surface area contributed by atoms with E-state index in [0.29, 0.717) is 37.7 Å². The lowest BCUT2D eigenvalue weighted by atomic mass is 10.1. The van der Waals surface area contributed by atoms with E-state index in [2.05, 4.69) is 51.1 Å². The molecule has 4 rings (SSSR count). The topological polar surface area (TPSA) is 74.2 Å². The molecule has 3 aromatic rings. The normalized spacial score (nSPS) is 14.0. The fourth-order valence-corrected chi connectivity index (χ4v) is 3.48. The first-order chi connectivity index (χ1) is 14.1. The van der Waals surface area contributed by atoms with Gasteiger partial charge in [0.2, 0.25) is 5.95 Å². The molecule has 2 aromatic heterocycles. The first-order valence-electron chi connectivity index (χ1n) is 9.71.